The van der Waals surface area contributed by atoms with Crippen molar-refractivity contribution < 1.29 is 9.63 Å². The molecule has 0 saturated carbocycles. The fourth-order valence-corrected chi connectivity index (χ4v) is 4.34. The number of aliphatic hydroxyl groups is 1. The minimum atomic E-state index is -0.935. The second-order valence-corrected chi connectivity index (χ2v) is 8.27. The molecule has 1 aliphatic rings. The Morgan fingerprint density at radius 3 is 2.85 bits per heavy atom. The third-order valence-corrected chi connectivity index (χ3v) is 5.81. The van der Waals surface area contributed by atoms with Crippen molar-refractivity contribution in [1.82, 2.24) is 10.1 Å². The van der Waals surface area contributed by atoms with E-state index >= 15 is 0 Å². The van der Waals surface area contributed by atoms with Crippen LogP contribution in [0, 0.1) is 0 Å². The predicted octanol–water partition coefficient (Wildman–Crippen LogP) is 5.51. The topological polar surface area (TPSA) is 59.2 Å². The third kappa shape index (κ3) is 3.40. The number of rotatable bonds is 4. The van der Waals surface area contributed by atoms with Crippen LogP contribution in [0.2, 0.25) is 5.02 Å². The number of nitrogens with zero attached hydrogens (tertiary/aromatic N) is 2. The molecule has 0 bridgehead atoms. The largest absolute Gasteiger partial charge is 0.383 e. The first kappa shape index (κ1) is 17.6. The van der Waals surface area contributed by atoms with Crippen LogP contribution in [0.4, 0.5) is 0 Å². The van der Waals surface area contributed by atoms with Gasteiger partial charge < -0.3 is 9.63 Å². The molecule has 1 N–H and O–H groups in total. The lowest BCUT2D eigenvalue weighted by Gasteiger charge is -2.13. The molecular weight excluding hydrogens is 391 g/mol. The van der Waals surface area contributed by atoms with Crippen molar-refractivity contribution in [3.63, 3.8) is 0 Å². The molecule has 0 saturated heterocycles. The van der Waals surface area contributed by atoms with E-state index in [-0.39, 0.29) is 4.71 Å². The molecule has 0 amide bonds. The molecule has 26 heavy (non-hydrogen) atoms. The zero-order chi connectivity index (χ0) is 18.1. The second-order valence-electron chi connectivity index (χ2n) is 5.81. The van der Waals surface area contributed by atoms with Gasteiger partial charge in [0.25, 0.3) is 0 Å². The van der Waals surface area contributed by atoms with Crippen LogP contribution in [0.25, 0.3) is 16.2 Å². The first-order chi connectivity index (χ1) is 12.6. The van der Waals surface area contributed by atoms with Gasteiger partial charge in [-0.2, -0.15) is 0 Å². The predicted molar refractivity (Wildman–Crippen MR) is 105 cm³/mol. The quantitative estimate of drug-likeness (QED) is 0.580. The summed E-state index contributed by atoms with van der Waals surface area (Å²) < 4.78 is 5.60. The minimum Gasteiger partial charge on any atom is -0.383 e. The van der Waals surface area contributed by atoms with Gasteiger partial charge in [-0.3, -0.25) is 4.98 Å². The average molecular weight is 405 g/mol. The third-order valence-electron chi connectivity index (χ3n) is 4.07. The summed E-state index contributed by atoms with van der Waals surface area (Å²) in [4.78, 5) is 5.00. The van der Waals surface area contributed by atoms with Gasteiger partial charge in [-0.1, -0.05) is 41.0 Å². The van der Waals surface area contributed by atoms with Gasteiger partial charge in [0.2, 0.25) is 0 Å². The van der Waals surface area contributed by atoms with E-state index in [4.69, 9.17) is 27.7 Å². The Balaban J connectivity index is 1.86. The molecule has 2 unspecified atom stereocenters. The number of halogens is 2. The van der Waals surface area contributed by atoms with E-state index in [0.717, 1.165) is 16.9 Å². The molecule has 0 fully saturated rings. The summed E-state index contributed by atoms with van der Waals surface area (Å²) in [5.41, 5.74) is 2.60. The summed E-state index contributed by atoms with van der Waals surface area (Å²) in [5.74, 6) is 0.485. The lowest BCUT2D eigenvalue weighted by Crippen LogP contribution is -2.03. The molecule has 1 aliphatic heterocycles. The first-order valence-electron chi connectivity index (χ1n) is 7.98. The van der Waals surface area contributed by atoms with Gasteiger partial charge in [0.05, 0.1) is 10.3 Å². The highest BCUT2D eigenvalue weighted by Gasteiger charge is 2.30. The number of allylic oxidation sites excluding steroid dienone is 1. The summed E-state index contributed by atoms with van der Waals surface area (Å²) in [5, 5.41) is 15.9. The van der Waals surface area contributed by atoms with Gasteiger partial charge in [0, 0.05) is 33.4 Å². The molecule has 1 aromatic carbocycles. The number of aromatic nitrogens is 2. The van der Waals surface area contributed by atoms with Crippen LogP contribution in [0.1, 0.15) is 29.3 Å². The van der Waals surface area contributed by atoms with E-state index in [1.165, 1.54) is 11.8 Å². The Labute approximate surface area is 164 Å². The van der Waals surface area contributed by atoms with Gasteiger partial charge in [-0.15, -0.1) is 23.4 Å². The zero-order valence-corrected chi connectivity index (χ0v) is 15.8. The highest BCUT2D eigenvalue weighted by Crippen LogP contribution is 2.46. The second kappa shape index (κ2) is 7.45. The highest BCUT2D eigenvalue weighted by molar-refractivity contribution is 8.10. The van der Waals surface area contributed by atoms with E-state index in [0.29, 0.717) is 27.6 Å². The van der Waals surface area contributed by atoms with E-state index in [9.17, 15) is 5.11 Å². The van der Waals surface area contributed by atoms with Crippen molar-refractivity contribution in [1.29, 1.82) is 0 Å². The Morgan fingerprint density at radius 2 is 2.15 bits per heavy atom. The molecule has 132 valence electrons. The monoisotopic (exact) mass is 404 g/mol. The van der Waals surface area contributed by atoms with E-state index in [2.05, 4.69) is 10.1 Å². The maximum absolute atomic E-state index is 11.1. The van der Waals surface area contributed by atoms with Gasteiger partial charge in [-0.25, -0.2) is 0 Å². The van der Waals surface area contributed by atoms with Crippen molar-refractivity contribution >= 4 is 39.9 Å². The van der Waals surface area contributed by atoms with Crippen molar-refractivity contribution in [2.24, 2.45) is 0 Å². The minimum absolute atomic E-state index is 0.0419. The van der Waals surface area contributed by atoms with Crippen molar-refractivity contribution in [2.75, 3.05) is 0 Å². The maximum atomic E-state index is 11.1. The van der Waals surface area contributed by atoms with Crippen LogP contribution in [-0.4, -0.2) is 20.0 Å². The van der Waals surface area contributed by atoms with Gasteiger partial charge >= 0.3 is 0 Å². The van der Waals surface area contributed by atoms with Gasteiger partial charge in [0.15, 0.2) is 5.76 Å². The molecular formula is C19H14Cl2N2O2S. The fourth-order valence-electron chi connectivity index (χ4n) is 2.86. The number of alkyl halides is 1. The molecule has 3 aromatic rings. The number of aliphatic hydroxyl groups excluding tert-OH is 1. The standard InChI is InChI=1S/C19H14Cl2N2O2S/c20-13-5-1-3-11(9-13)19-16(18(24)12-4-2-8-22-10-12)17(23-25-19)14-6-7-15(21)26-14/h1-6,8-10,15,18,24H,7H2. The van der Waals surface area contributed by atoms with Crippen molar-refractivity contribution in [3.05, 3.63) is 76.7 Å². The molecule has 2 aromatic heterocycles. The zero-order valence-electron chi connectivity index (χ0n) is 13.5. The first-order valence-corrected chi connectivity index (χ1v) is 9.67. The molecule has 7 heteroatoms. The average Bonchev–Trinajstić information content (AvgIpc) is 3.28. The molecule has 0 radical (unpaired) electrons. The Hall–Kier alpha value is -1.79. The normalized spacial score (nSPS) is 18.0. The molecule has 4 nitrogen and oxygen atoms in total. The van der Waals surface area contributed by atoms with Crippen LogP contribution in [0.5, 0.6) is 0 Å². The number of benzene rings is 1. The lowest BCUT2D eigenvalue weighted by molar-refractivity contribution is 0.219. The van der Waals surface area contributed by atoms with E-state index in [1.54, 1.807) is 30.6 Å². The summed E-state index contributed by atoms with van der Waals surface area (Å²) in [7, 11) is 0. The molecule has 0 aliphatic carbocycles. The van der Waals surface area contributed by atoms with Crippen LogP contribution in [-0.2, 0) is 0 Å². The van der Waals surface area contributed by atoms with Crippen LogP contribution in [0.3, 0.4) is 0 Å². The summed E-state index contributed by atoms with van der Waals surface area (Å²) in [6, 6.07) is 10.9. The SMILES string of the molecule is OC(c1cccnc1)c1c(C2=CCC(Cl)S2)noc1-c1cccc(Cl)c1. The molecule has 4 rings (SSSR count). The number of pyridine rings is 1. The number of hydrogen-bond acceptors (Lipinski definition) is 5. The summed E-state index contributed by atoms with van der Waals surface area (Å²) in [6.07, 6.45) is 5.11. The Kier molecular flexibility index (Phi) is 5.05. The Morgan fingerprint density at radius 1 is 1.27 bits per heavy atom. The van der Waals surface area contributed by atoms with E-state index in [1.807, 2.05) is 24.3 Å². The van der Waals surface area contributed by atoms with E-state index < -0.39 is 6.10 Å². The lowest BCUT2D eigenvalue weighted by atomic mass is 9.97. The van der Waals surface area contributed by atoms with Gasteiger partial charge in [-0.05, 0) is 24.6 Å². The molecule has 3 heterocycles. The van der Waals surface area contributed by atoms with Crippen LogP contribution >= 0.6 is 35.0 Å². The van der Waals surface area contributed by atoms with Crippen molar-refractivity contribution in [3.8, 4) is 11.3 Å². The van der Waals surface area contributed by atoms with Crippen LogP contribution in [0.15, 0.2) is 59.4 Å². The maximum Gasteiger partial charge on any atom is 0.173 e. The summed E-state index contributed by atoms with van der Waals surface area (Å²) in [6.45, 7) is 0. The Bertz CT molecular complexity index is 959. The fraction of sp³-hybridized carbons (Fsp3) is 0.158. The summed E-state index contributed by atoms with van der Waals surface area (Å²) >= 11 is 13.9. The molecule has 0 spiro atoms. The smallest absolute Gasteiger partial charge is 0.173 e. The number of hydrogen-bond donors (Lipinski definition) is 1. The van der Waals surface area contributed by atoms with Crippen molar-refractivity contribution in [2.45, 2.75) is 17.2 Å². The number of thioether (sulfide) groups is 1. The highest BCUT2D eigenvalue weighted by atomic mass is 35.5. The molecule has 2 atom stereocenters. The van der Waals surface area contributed by atoms with Crippen LogP contribution < -0.4 is 0 Å². The van der Waals surface area contributed by atoms with Gasteiger partial charge in [0.1, 0.15) is 11.8 Å².